The number of carbonyl (C=O) groups excluding carboxylic acids is 1. The molecular formula is C33H55N3O. The second-order valence-corrected chi connectivity index (χ2v) is 13.2. The number of amides is 1. The van der Waals surface area contributed by atoms with Crippen molar-refractivity contribution in [3.63, 3.8) is 0 Å². The van der Waals surface area contributed by atoms with Crippen molar-refractivity contribution in [3.8, 4) is 0 Å². The average Bonchev–Trinajstić information content (AvgIpc) is 2.87. The Hall–Kier alpha value is -1.84. The van der Waals surface area contributed by atoms with Gasteiger partial charge in [0.25, 0.3) is 0 Å². The van der Waals surface area contributed by atoms with Crippen LogP contribution in [0.25, 0.3) is 0 Å². The van der Waals surface area contributed by atoms with Crippen molar-refractivity contribution in [3.05, 3.63) is 35.9 Å². The van der Waals surface area contributed by atoms with Gasteiger partial charge in [-0.1, -0.05) is 103 Å². The van der Waals surface area contributed by atoms with Crippen LogP contribution in [0.5, 0.6) is 0 Å². The van der Waals surface area contributed by atoms with Crippen LogP contribution in [0.15, 0.2) is 30.3 Å². The van der Waals surface area contributed by atoms with E-state index < -0.39 is 5.41 Å². The van der Waals surface area contributed by atoms with Crippen molar-refractivity contribution in [1.29, 1.82) is 5.41 Å². The highest BCUT2D eigenvalue weighted by molar-refractivity contribution is 5.84. The molecule has 1 heterocycles. The lowest BCUT2D eigenvalue weighted by atomic mass is 9.63. The third kappa shape index (κ3) is 7.39. The molecule has 1 aromatic carbocycles. The molecule has 0 bridgehead atoms. The van der Waals surface area contributed by atoms with Gasteiger partial charge >= 0.3 is 0 Å². The highest BCUT2D eigenvalue weighted by Gasteiger charge is 2.40. The van der Waals surface area contributed by atoms with Gasteiger partial charge in [-0.3, -0.25) is 10.2 Å². The minimum atomic E-state index is -0.510. The van der Waals surface area contributed by atoms with Gasteiger partial charge in [-0.2, -0.15) is 0 Å². The maximum Gasteiger partial charge on any atom is 0.225 e. The third-order valence-electron chi connectivity index (χ3n) is 10.1. The summed E-state index contributed by atoms with van der Waals surface area (Å²) >= 11 is 0. The zero-order valence-electron chi connectivity index (χ0n) is 24.5. The van der Waals surface area contributed by atoms with E-state index in [1.807, 2.05) is 13.8 Å². The Morgan fingerprint density at radius 2 is 1.81 bits per heavy atom. The van der Waals surface area contributed by atoms with E-state index in [2.05, 4.69) is 56.0 Å². The molecular weight excluding hydrogens is 454 g/mol. The average molecular weight is 510 g/mol. The van der Waals surface area contributed by atoms with Crippen LogP contribution >= 0.6 is 0 Å². The van der Waals surface area contributed by atoms with E-state index in [-0.39, 0.29) is 23.1 Å². The van der Waals surface area contributed by atoms with E-state index in [4.69, 9.17) is 11.1 Å². The fraction of sp³-hybridized carbons (Fsp3) is 0.758. The summed E-state index contributed by atoms with van der Waals surface area (Å²) in [6.45, 7) is 12.3. The molecule has 3 rings (SSSR count). The first-order valence-corrected chi connectivity index (χ1v) is 15.3. The quantitative estimate of drug-likeness (QED) is 0.248. The van der Waals surface area contributed by atoms with Gasteiger partial charge in [0.2, 0.25) is 5.91 Å². The summed E-state index contributed by atoms with van der Waals surface area (Å²) in [4.78, 5) is 16.1. The van der Waals surface area contributed by atoms with Gasteiger partial charge in [0.15, 0.2) is 0 Å². The number of benzene rings is 1. The third-order valence-corrected chi connectivity index (χ3v) is 10.1. The topological polar surface area (TPSA) is 70.2 Å². The first-order chi connectivity index (χ1) is 17.6. The van der Waals surface area contributed by atoms with Gasteiger partial charge in [0.05, 0.1) is 5.84 Å². The van der Waals surface area contributed by atoms with Crippen LogP contribution in [0.2, 0.25) is 0 Å². The Labute approximate surface area is 227 Å². The minimum Gasteiger partial charge on any atom is -0.387 e. The van der Waals surface area contributed by atoms with Crippen LogP contribution in [-0.4, -0.2) is 29.7 Å². The van der Waals surface area contributed by atoms with Gasteiger partial charge < -0.3 is 10.6 Å². The van der Waals surface area contributed by atoms with E-state index in [1.165, 1.54) is 63.4 Å². The lowest BCUT2D eigenvalue weighted by Gasteiger charge is -2.41. The van der Waals surface area contributed by atoms with E-state index in [0.29, 0.717) is 18.4 Å². The predicted octanol–water partition coefficient (Wildman–Crippen LogP) is 7.95. The molecule has 3 N–H and O–H groups in total. The van der Waals surface area contributed by atoms with Crippen molar-refractivity contribution in [2.75, 3.05) is 13.1 Å². The van der Waals surface area contributed by atoms with Crippen LogP contribution in [0.4, 0.5) is 0 Å². The monoisotopic (exact) mass is 509 g/mol. The molecule has 1 saturated heterocycles. The van der Waals surface area contributed by atoms with Crippen LogP contribution in [0, 0.1) is 34.5 Å². The predicted molar refractivity (Wildman–Crippen MR) is 157 cm³/mol. The van der Waals surface area contributed by atoms with Crippen molar-refractivity contribution >= 4 is 11.7 Å². The molecule has 0 spiro atoms. The van der Waals surface area contributed by atoms with Gasteiger partial charge in [0.1, 0.15) is 0 Å². The molecule has 1 aliphatic heterocycles. The molecule has 0 aromatic heterocycles. The second kappa shape index (κ2) is 13.3. The smallest absolute Gasteiger partial charge is 0.225 e. The first kappa shape index (κ1) is 29.7. The number of hydrogen-bond acceptors (Lipinski definition) is 2. The van der Waals surface area contributed by atoms with Crippen LogP contribution in [0.1, 0.15) is 117 Å². The number of carbonyl (C=O) groups is 1. The maximum atomic E-state index is 14.0. The van der Waals surface area contributed by atoms with Gasteiger partial charge in [-0.05, 0) is 67.3 Å². The van der Waals surface area contributed by atoms with Crippen LogP contribution < -0.4 is 5.73 Å². The lowest BCUT2D eigenvalue weighted by Crippen LogP contribution is -2.47. The van der Waals surface area contributed by atoms with Gasteiger partial charge in [-0.15, -0.1) is 0 Å². The number of amidine groups is 1. The fourth-order valence-electron chi connectivity index (χ4n) is 7.06. The maximum absolute atomic E-state index is 14.0. The Morgan fingerprint density at radius 3 is 2.41 bits per heavy atom. The first-order valence-electron chi connectivity index (χ1n) is 15.3. The molecule has 208 valence electrons. The van der Waals surface area contributed by atoms with Gasteiger partial charge in [0, 0.05) is 24.4 Å². The summed E-state index contributed by atoms with van der Waals surface area (Å²) in [6.07, 6.45) is 14.6. The van der Waals surface area contributed by atoms with Crippen molar-refractivity contribution in [2.45, 2.75) is 117 Å². The summed E-state index contributed by atoms with van der Waals surface area (Å²) < 4.78 is 0. The zero-order chi connectivity index (χ0) is 27.1. The minimum absolute atomic E-state index is 0.0325. The standard InChI is InChI=1S/C33H55N3O/c1-6-7-14-25(2)33(29-18-9-8-10-19-29)20-12-17-28(23-27-15-11-16-27)26(3)30(37)36(22-13-21-33)24-32(4,5)31(34)35/h8-10,18-19,25-28H,6-7,11-17,20-24H2,1-5H3,(H3,34,35)/t25?,26?,28?,33-/m0/s1. The van der Waals surface area contributed by atoms with E-state index in [1.54, 1.807) is 0 Å². The Kier molecular flexibility index (Phi) is 10.7. The van der Waals surface area contributed by atoms with Crippen molar-refractivity contribution in [1.82, 2.24) is 4.90 Å². The summed E-state index contributed by atoms with van der Waals surface area (Å²) in [5.41, 5.74) is 7.12. The highest BCUT2D eigenvalue weighted by Crippen LogP contribution is 2.46. The van der Waals surface area contributed by atoms with Gasteiger partial charge in [-0.25, -0.2) is 0 Å². The Balaban J connectivity index is 1.96. The molecule has 1 aromatic rings. The van der Waals surface area contributed by atoms with E-state index in [9.17, 15) is 4.79 Å². The van der Waals surface area contributed by atoms with Crippen LogP contribution in [0.3, 0.4) is 0 Å². The summed E-state index contributed by atoms with van der Waals surface area (Å²) in [6, 6.07) is 11.3. The number of nitrogens with two attached hydrogens (primary N) is 1. The molecule has 4 heteroatoms. The summed E-state index contributed by atoms with van der Waals surface area (Å²) in [5, 5.41) is 8.14. The molecule has 1 amide bonds. The number of unbranched alkanes of at least 4 members (excludes halogenated alkanes) is 1. The Bertz CT molecular complexity index is 862. The SMILES string of the molecule is CCCCC(C)[C@]1(c2ccccc2)CCCC(CC2CCC2)C(C)C(=O)N(CC(C)(C)C(=N)N)CCC1. The molecule has 2 fully saturated rings. The van der Waals surface area contributed by atoms with Crippen LogP contribution in [-0.2, 0) is 10.2 Å². The zero-order valence-corrected chi connectivity index (χ0v) is 24.5. The van der Waals surface area contributed by atoms with E-state index >= 15 is 0 Å². The number of nitrogens with zero attached hydrogens (tertiary/aromatic N) is 1. The molecule has 4 nitrogen and oxygen atoms in total. The largest absolute Gasteiger partial charge is 0.387 e. The molecule has 1 saturated carbocycles. The number of nitrogens with one attached hydrogen (secondary N) is 1. The summed E-state index contributed by atoms with van der Waals surface area (Å²) in [7, 11) is 0. The molecule has 4 atom stereocenters. The lowest BCUT2D eigenvalue weighted by molar-refractivity contribution is -0.138. The number of rotatable bonds is 10. The van der Waals surface area contributed by atoms with E-state index in [0.717, 1.165) is 31.7 Å². The molecule has 2 aliphatic rings. The molecule has 0 radical (unpaired) electrons. The number of hydrogen-bond donors (Lipinski definition) is 2. The normalized spacial score (nSPS) is 27.3. The van der Waals surface area contributed by atoms with Crippen molar-refractivity contribution in [2.24, 2.45) is 34.8 Å². The molecule has 1 aliphatic carbocycles. The second-order valence-electron chi connectivity index (χ2n) is 13.2. The Morgan fingerprint density at radius 1 is 1.14 bits per heavy atom. The van der Waals surface area contributed by atoms with Crippen molar-refractivity contribution < 1.29 is 4.79 Å². The summed E-state index contributed by atoms with van der Waals surface area (Å²) in [5.74, 6) is 2.33. The fourth-order valence-corrected chi connectivity index (χ4v) is 7.06. The molecule has 37 heavy (non-hydrogen) atoms. The highest BCUT2D eigenvalue weighted by atomic mass is 16.2. The molecule has 3 unspecified atom stereocenters.